The van der Waals surface area contributed by atoms with Crippen molar-refractivity contribution < 1.29 is 4.79 Å². The van der Waals surface area contributed by atoms with E-state index < -0.39 is 0 Å². The van der Waals surface area contributed by atoms with Crippen LogP contribution in [0.25, 0.3) is 11.3 Å². The molecule has 4 heterocycles. The first kappa shape index (κ1) is 20.9. The van der Waals surface area contributed by atoms with Gasteiger partial charge in [-0.05, 0) is 55.5 Å². The van der Waals surface area contributed by atoms with E-state index in [1.807, 2.05) is 49.1 Å². The minimum absolute atomic E-state index is 0.137. The number of anilines is 2. The van der Waals surface area contributed by atoms with Crippen molar-refractivity contribution in [2.75, 3.05) is 5.32 Å². The average molecular weight is 443 g/mol. The lowest BCUT2D eigenvalue weighted by Crippen LogP contribution is -2.24. The van der Waals surface area contributed by atoms with Gasteiger partial charge in [0, 0.05) is 43.8 Å². The highest BCUT2D eigenvalue weighted by molar-refractivity contribution is 5.92. The van der Waals surface area contributed by atoms with Crippen molar-refractivity contribution in [1.82, 2.24) is 34.8 Å². The fraction of sp³-hybridized carbons (Fsp3) is 0.292. The molecule has 168 valence electrons. The number of rotatable bonds is 6. The SMILES string of the molecule is Cc1cc(-c2ccnc(Nc3cnn(C)c3)n2)ccc1CNC(=O)c1cc2n(n1)CCCC2. The summed E-state index contributed by atoms with van der Waals surface area (Å²) >= 11 is 0. The van der Waals surface area contributed by atoms with Crippen LogP contribution in [0.5, 0.6) is 0 Å². The highest BCUT2D eigenvalue weighted by Gasteiger charge is 2.17. The van der Waals surface area contributed by atoms with Crippen LogP contribution in [0.2, 0.25) is 0 Å². The van der Waals surface area contributed by atoms with Crippen LogP contribution < -0.4 is 10.6 Å². The third-order valence-electron chi connectivity index (χ3n) is 5.84. The minimum Gasteiger partial charge on any atom is -0.347 e. The lowest BCUT2D eigenvalue weighted by molar-refractivity contribution is 0.0945. The summed E-state index contributed by atoms with van der Waals surface area (Å²) in [5.41, 5.74) is 6.41. The quantitative estimate of drug-likeness (QED) is 0.475. The second kappa shape index (κ2) is 8.85. The van der Waals surface area contributed by atoms with Crippen LogP contribution in [-0.2, 0) is 26.6 Å². The topological polar surface area (TPSA) is 103 Å². The normalized spacial score (nSPS) is 12.9. The molecule has 1 aliphatic rings. The first-order valence-corrected chi connectivity index (χ1v) is 11.1. The monoisotopic (exact) mass is 442 g/mol. The zero-order valence-electron chi connectivity index (χ0n) is 18.7. The second-order valence-electron chi connectivity index (χ2n) is 8.32. The van der Waals surface area contributed by atoms with Gasteiger partial charge in [0.1, 0.15) is 5.69 Å². The highest BCUT2D eigenvalue weighted by atomic mass is 16.1. The van der Waals surface area contributed by atoms with Crippen molar-refractivity contribution in [3.8, 4) is 11.3 Å². The fourth-order valence-corrected chi connectivity index (χ4v) is 4.04. The van der Waals surface area contributed by atoms with Gasteiger partial charge in [-0.1, -0.05) is 12.1 Å². The van der Waals surface area contributed by atoms with Crippen molar-refractivity contribution in [2.45, 2.75) is 39.3 Å². The molecule has 1 aliphatic heterocycles. The summed E-state index contributed by atoms with van der Waals surface area (Å²) in [5, 5.41) is 14.8. The summed E-state index contributed by atoms with van der Waals surface area (Å²) in [6.45, 7) is 3.38. The molecule has 0 unspecified atom stereocenters. The van der Waals surface area contributed by atoms with Crippen LogP contribution >= 0.6 is 0 Å². The number of amides is 1. The molecular weight excluding hydrogens is 416 g/mol. The molecule has 0 spiro atoms. The number of nitrogens with one attached hydrogen (secondary N) is 2. The summed E-state index contributed by atoms with van der Waals surface area (Å²) in [5.74, 6) is 0.375. The van der Waals surface area contributed by atoms with Gasteiger partial charge in [0.15, 0.2) is 0 Å². The van der Waals surface area contributed by atoms with E-state index in [0.29, 0.717) is 18.2 Å². The summed E-state index contributed by atoms with van der Waals surface area (Å²) in [4.78, 5) is 21.5. The van der Waals surface area contributed by atoms with Crippen molar-refractivity contribution in [3.05, 3.63) is 71.4 Å². The van der Waals surface area contributed by atoms with Gasteiger partial charge in [-0.3, -0.25) is 14.2 Å². The van der Waals surface area contributed by atoms with Gasteiger partial charge in [0.2, 0.25) is 5.95 Å². The molecule has 9 heteroatoms. The molecule has 0 fully saturated rings. The molecule has 0 atom stereocenters. The number of benzene rings is 1. The molecule has 4 aromatic rings. The Hall–Kier alpha value is -4.01. The Bertz CT molecular complexity index is 1280. The Morgan fingerprint density at radius 1 is 1.18 bits per heavy atom. The molecule has 0 saturated carbocycles. The van der Waals surface area contributed by atoms with Gasteiger partial charge in [0.05, 0.1) is 17.6 Å². The van der Waals surface area contributed by atoms with Crippen LogP contribution in [0.3, 0.4) is 0 Å². The minimum atomic E-state index is -0.137. The number of hydrogen-bond acceptors (Lipinski definition) is 6. The number of fused-ring (bicyclic) bond motifs is 1. The first-order valence-electron chi connectivity index (χ1n) is 11.1. The standard InChI is InChI=1S/C24H26N8O/c1-16-11-17(21-8-9-25-24(29-21)28-19-14-27-31(2)15-19)6-7-18(16)13-26-23(33)22-12-20-5-3-4-10-32(20)30-22/h6-9,11-12,14-15H,3-5,10,13H2,1-2H3,(H,26,33)(H,25,28,29). The molecule has 0 bridgehead atoms. The molecule has 3 aromatic heterocycles. The van der Waals surface area contributed by atoms with Gasteiger partial charge in [-0.2, -0.15) is 10.2 Å². The molecule has 5 rings (SSSR count). The molecule has 9 nitrogen and oxygen atoms in total. The zero-order valence-corrected chi connectivity index (χ0v) is 18.7. The zero-order chi connectivity index (χ0) is 22.8. The van der Waals surface area contributed by atoms with E-state index in [0.717, 1.165) is 59.6 Å². The number of aryl methyl sites for hydroxylation is 4. The summed E-state index contributed by atoms with van der Waals surface area (Å²) in [7, 11) is 1.86. The summed E-state index contributed by atoms with van der Waals surface area (Å²) in [6.07, 6.45) is 8.59. The Morgan fingerprint density at radius 3 is 2.88 bits per heavy atom. The number of aromatic nitrogens is 6. The van der Waals surface area contributed by atoms with Crippen LogP contribution in [0, 0.1) is 6.92 Å². The Morgan fingerprint density at radius 2 is 2.09 bits per heavy atom. The molecule has 0 aliphatic carbocycles. The molecule has 0 radical (unpaired) electrons. The largest absolute Gasteiger partial charge is 0.347 e. The van der Waals surface area contributed by atoms with Gasteiger partial charge in [0.25, 0.3) is 5.91 Å². The van der Waals surface area contributed by atoms with E-state index in [-0.39, 0.29) is 5.91 Å². The maximum absolute atomic E-state index is 12.6. The second-order valence-corrected chi connectivity index (χ2v) is 8.32. The van der Waals surface area contributed by atoms with Crippen LogP contribution in [0.4, 0.5) is 11.6 Å². The molecular formula is C24H26N8O. The number of nitrogens with zero attached hydrogens (tertiary/aromatic N) is 6. The lowest BCUT2D eigenvalue weighted by atomic mass is 10.0. The lowest BCUT2D eigenvalue weighted by Gasteiger charge is -2.11. The van der Waals surface area contributed by atoms with E-state index in [9.17, 15) is 4.79 Å². The maximum Gasteiger partial charge on any atom is 0.272 e. The van der Waals surface area contributed by atoms with E-state index in [1.165, 1.54) is 0 Å². The van der Waals surface area contributed by atoms with Crippen LogP contribution in [-0.4, -0.2) is 35.4 Å². The first-order chi connectivity index (χ1) is 16.0. The average Bonchev–Trinajstić information content (AvgIpc) is 3.44. The third-order valence-corrected chi connectivity index (χ3v) is 5.84. The van der Waals surface area contributed by atoms with E-state index in [2.05, 4.69) is 36.9 Å². The van der Waals surface area contributed by atoms with Crippen molar-refractivity contribution >= 4 is 17.5 Å². The molecule has 0 saturated heterocycles. The van der Waals surface area contributed by atoms with Crippen molar-refractivity contribution in [3.63, 3.8) is 0 Å². The predicted octanol–water partition coefficient (Wildman–Crippen LogP) is 3.39. The smallest absolute Gasteiger partial charge is 0.272 e. The van der Waals surface area contributed by atoms with E-state index in [4.69, 9.17) is 0 Å². The number of carbonyl (C=O) groups excluding carboxylic acids is 1. The maximum atomic E-state index is 12.6. The summed E-state index contributed by atoms with van der Waals surface area (Å²) in [6, 6.07) is 9.91. The Balaban J connectivity index is 1.26. The Kier molecular flexibility index (Phi) is 5.60. The molecule has 1 amide bonds. The van der Waals surface area contributed by atoms with Gasteiger partial charge in [-0.15, -0.1) is 0 Å². The fourth-order valence-electron chi connectivity index (χ4n) is 4.04. The highest BCUT2D eigenvalue weighted by Crippen LogP contribution is 2.22. The van der Waals surface area contributed by atoms with E-state index in [1.54, 1.807) is 17.1 Å². The third kappa shape index (κ3) is 4.62. The number of carbonyl (C=O) groups is 1. The van der Waals surface area contributed by atoms with Gasteiger partial charge in [-0.25, -0.2) is 9.97 Å². The van der Waals surface area contributed by atoms with Crippen LogP contribution in [0.15, 0.2) is 48.9 Å². The predicted molar refractivity (Wildman–Crippen MR) is 125 cm³/mol. The van der Waals surface area contributed by atoms with Crippen molar-refractivity contribution in [2.24, 2.45) is 7.05 Å². The summed E-state index contributed by atoms with van der Waals surface area (Å²) < 4.78 is 3.67. The van der Waals surface area contributed by atoms with Gasteiger partial charge < -0.3 is 10.6 Å². The van der Waals surface area contributed by atoms with E-state index >= 15 is 0 Å². The molecule has 33 heavy (non-hydrogen) atoms. The van der Waals surface area contributed by atoms with Crippen LogP contribution in [0.1, 0.15) is 40.2 Å². The number of hydrogen-bond donors (Lipinski definition) is 2. The molecule has 1 aromatic carbocycles. The Labute approximate surface area is 191 Å². The van der Waals surface area contributed by atoms with Crippen molar-refractivity contribution in [1.29, 1.82) is 0 Å². The molecule has 2 N–H and O–H groups in total. The van der Waals surface area contributed by atoms with Gasteiger partial charge >= 0.3 is 0 Å².